The molecule has 1 fully saturated rings. The number of nitrogens with one attached hydrogen (secondary N) is 1. The molecule has 232 valence electrons. The van der Waals surface area contributed by atoms with Gasteiger partial charge in [0, 0.05) is 30.1 Å². The fourth-order valence-corrected chi connectivity index (χ4v) is 5.88. The number of hydrogen-bond donors (Lipinski definition) is 1. The topological polar surface area (TPSA) is 130 Å². The Morgan fingerprint density at radius 1 is 1.09 bits per heavy atom. The van der Waals surface area contributed by atoms with Gasteiger partial charge >= 0.3 is 0 Å². The number of rotatable bonds is 14. The quantitative estimate of drug-likeness (QED) is 0.225. The number of amides is 2. The first-order valence-electron chi connectivity index (χ1n) is 14.3. The SMILES string of the molecule is COc1ccc(-c2nnn(CC(=O)N(CCc3ccc(OC)c(OC)c3)[C@@H](C(=O)NC[C@H]3CCCO3)c3cccs3)n2)cc1. The summed E-state index contributed by atoms with van der Waals surface area (Å²) >= 11 is 1.42. The van der Waals surface area contributed by atoms with E-state index in [0.29, 0.717) is 42.6 Å². The number of tetrazole rings is 1. The van der Waals surface area contributed by atoms with Gasteiger partial charge < -0.3 is 29.2 Å². The van der Waals surface area contributed by atoms with Crippen molar-refractivity contribution in [3.63, 3.8) is 0 Å². The van der Waals surface area contributed by atoms with Crippen molar-refractivity contribution in [1.29, 1.82) is 0 Å². The van der Waals surface area contributed by atoms with Gasteiger partial charge in [-0.15, -0.1) is 21.5 Å². The molecule has 0 aliphatic carbocycles. The highest BCUT2D eigenvalue weighted by Crippen LogP contribution is 2.30. The highest BCUT2D eigenvalue weighted by molar-refractivity contribution is 7.10. The molecule has 0 unspecified atom stereocenters. The Morgan fingerprint density at radius 2 is 1.91 bits per heavy atom. The second-order valence-corrected chi connectivity index (χ2v) is 11.2. The van der Waals surface area contributed by atoms with Crippen LogP contribution in [-0.2, 0) is 27.3 Å². The first-order valence-corrected chi connectivity index (χ1v) is 15.2. The fraction of sp³-hybridized carbons (Fsp3) is 0.387. The summed E-state index contributed by atoms with van der Waals surface area (Å²) in [5.74, 6) is 1.69. The van der Waals surface area contributed by atoms with E-state index >= 15 is 0 Å². The molecule has 12 nitrogen and oxygen atoms in total. The van der Waals surface area contributed by atoms with Crippen LogP contribution in [0.3, 0.4) is 0 Å². The molecular weight excluding hydrogens is 584 g/mol. The van der Waals surface area contributed by atoms with Gasteiger partial charge in [0.1, 0.15) is 18.3 Å². The van der Waals surface area contributed by atoms with E-state index in [4.69, 9.17) is 18.9 Å². The Morgan fingerprint density at radius 3 is 2.59 bits per heavy atom. The predicted octanol–water partition coefficient (Wildman–Crippen LogP) is 3.54. The molecule has 2 atom stereocenters. The lowest BCUT2D eigenvalue weighted by Gasteiger charge is -2.31. The smallest absolute Gasteiger partial charge is 0.248 e. The Hall–Kier alpha value is -4.49. The summed E-state index contributed by atoms with van der Waals surface area (Å²) in [6, 6.07) is 15.8. The number of carbonyl (C=O) groups excluding carboxylic acids is 2. The van der Waals surface area contributed by atoms with Crippen LogP contribution in [0.4, 0.5) is 0 Å². The predicted molar refractivity (Wildman–Crippen MR) is 164 cm³/mol. The molecule has 2 aromatic heterocycles. The first-order chi connectivity index (χ1) is 21.5. The van der Waals surface area contributed by atoms with Gasteiger partial charge in [0.2, 0.25) is 17.6 Å². The lowest BCUT2D eigenvalue weighted by Crippen LogP contribution is -2.47. The van der Waals surface area contributed by atoms with Gasteiger partial charge in [-0.25, -0.2) is 0 Å². The number of aromatic nitrogens is 4. The van der Waals surface area contributed by atoms with Crippen LogP contribution in [0, 0.1) is 0 Å². The molecule has 4 aromatic rings. The van der Waals surface area contributed by atoms with Crippen LogP contribution in [0.2, 0.25) is 0 Å². The average molecular weight is 621 g/mol. The van der Waals surface area contributed by atoms with Crippen LogP contribution in [0.15, 0.2) is 60.0 Å². The van der Waals surface area contributed by atoms with E-state index in [-0.39, 0.29) is 31.0 Å². The number of benzene rings is 2. The van der Waals surface area contributed by atoms with E-state index in [2.05, 4.69) is 20.7 Å². The van der Waals surface area contributed by atoms with Crippen molar-refractivity contribution >= 4 is 23.2 Å². The standard InChI is InChI=1S/C31H36N6O6S/c1-40-23-11-9-22(10-12-23)30-33-35-37(34-30)20-28(38)36(15-14-21-8-13-25(41-2)26(18-21)42-3)29(27-7-5-17-44-27)31(39)32-19-24-6-4-16-43-24/h5,7-13,17-18,24,29H,4,6,14-16,19-20H2,1-3H3,(H,32,39)/t24-,29-/m1/s1. The number of ether oxygens (including phenoxy) is 4. The lowest BCUT2D eigenvalue weighted by atomic mass is 10.1. The Bertz CT molecular complexity index is 1520. The fourth-order valence-electron chi connectivity index (χ4n) is 5.05. The van der Waals surface area contributed by atoms with Gasteiger partial charge in [-0.1, -0.05) is 12.1 Å². The third-order valence-electron chi connectivity index (χ3n) is 7.39. The number of nitrogens with zero attached hydrogens (tertiary/aromatic N) is 5. The molecule has 2 aromatic carbocycles. The number of carbonyl (C=O) groups is 2. The summed E-state index contributed by atoms with van der Waals surface area (Å²) in [7, 11) is 4.75. The van der Waals surface area contributed by atoms with E-state index in [0.717, 1.165) is 28.8 Å². The molecule has 0 radical (unpaired) electrons. The van der Waals surface area contributed by atoms with Crippen molar-refractivity contribution in [3.05, 3.63) is 70.4 Å². The summed E-state index contributed by atoms with van der Waals surface area (Å²) in [6.07, 6.45) is 2.29. The molecule has 3 heterocycles. The molecule has 2 amide bonds. The largest absolute Gasteiger partial charge is 0.497 e. The molecule has 13 heteroatoms. The molecule has 0 spiro atoms. The zero-order valence-corrected chi connectivity index (χ0v) is 25.8. The van der Waals surface area contributed by atoms with Gasteiger partial charge in [0.05, 0.1) is 27.4 Å². The summed E-state index contributed by atoms with van der Waals surface area (Å²) < 4.78 is 21.8. The van der Waals surface area contributed by atoms with E-state index in [1.165, 1.54) is 16.1 Å². The van der Waals surface area contributed by atoms with Crippen LogP contribution in [0.5, 0.6) is 17.2 Å². The molecule has 1 aliphatic rings. The lowest BCUT2D eigenvalue weighted by molar-refractivity contribution is -0.141. The summed E-state index contributed by atoms with van der Waals surface area (Å²) in [5, 5.41) is 17.6. The van der Waals surface area contributed by atoms with E-state index in [9.17, 15) is 9.59 Å². The van der Waals surface area contributed by atoms with Crippen LogP contribution in [0.1, 0.15) is 29.3 Å². The second-order valence-electron chi connectivity index (χ2n) is 10.2. The Labute approximate surface area is 259 Å². The third-order valence-corrected chi connectivity index (χ3v) is 8.31. The maximum absolute atomic E-state index is 14.0. The Balaban J connectivity index is 1.39. The minimum absolute atomic E-state index is 0.0328. The molecule has 0 saturated carbocycles. The maximum Gasteiger partial charge on any atom is 0.248 e. The van der Waals surface area contributed by atoms with Gasteiger partial charge in [-0.05, 0) is 77.9 Å². The zero-order valence-electron chi connectivity index (χ0n) is 25.0. The maximum atomic E-state index is 14.0. The van der Waals surface area contributed by atoms with Gasteiger partial charge in [0.15, 0.2) is 11.5 Å². The highest BCUT2D eigenvalue weighted by atomic mass is 32.1. The molecule has 5 rings (SSSR count). The summed E-state index contributed by atoms with van der Waals surface area (Å²) in [4.78, 5) is 31.4. The second kappa shape index (κ2) is 14.8. The van der Waals surface area contributed by atoms with E-state index in [1.54, 1.807) is 38.4 Å². The van der Waals surface area contributed by atoms with Crippen molar-refractivity contribution in [2.45, 2.75) is 38.0 Å². The van der Waals surface area contributed by atoms with Crippen LogP contribution in [0.25, 0.3) is 11.4 Å². The molecular formula is C31H36N6O6S. The van der Waals surface area contributed by atoms with Crippen LogP contribution >= 0.6 is 11.3 Å². The third kappa shape index (κ3) is 7.53. The van der Waals surface area contributed by atoms with E-state index in [1.807, 2.05) is 47.8 Å². The molecule has 1 saturated heterocycles. The summed E-state index contributed by atoms with van der Waals surface area (Å²) in [5.41, 5.74) is 1.66. The van der Waals surface area contributed by atoms with Crippen molar-refractivity contribution in [2.75, 3.05) is 41.0 Å². The van der Waals surface area contributed by atoms with Gasteiger partial charge in [0.25, 0.3) is 0 Å². The minimum atomic E-state index is -0.853. The number of methoxy groups -OCH3 is 3. The van der Waals surface area contributed by atoms with Crippen molar-refractivity contribution in [1.82, 2.24) is 30.4 Å². The van der Waals surface area contributed by atoms with E-state index < -0.39 is 6.04 Å². The number of hydrogen-bond acceptors (Lipinski definition) is 10. The normalized spacial score (nSPS) is 15.0. The first kappa shape index (κ1) is 31.0. The average Bonchev–Trinajstić information content (AvgIpc) is 3.86. The zero-order chi connectivity index (χ0) is 30.9. The molecule has 44 heavy (non-hydrogen) atoms. The van der Waals surface area contributed by atoms with Crippen molar-refractivity contribution in [2.24, 2.45) is 0 Å². The number of thiophene rings is 1. The Kier molecular flexibility index (Phi) is 10.4. The van der Waals surface area contributed by atoms with Gasteiger partial charge in [-0.3, -0.25) is 9.59 Å². The van der Waals surface area contributed by atoms with Crippen LogP contribution in [-0.4, -0.2) is 84.1 Å². The van der Waals surface area contributed by atoms with Crippen molar-refractivity contribution in [3.8, 4) is 28.6 Å². The summed E-state index contributed by atoms with van der Waals surface area (Å²) in [6.45, 7) is 1.13. The van der Waals surface area contributed by atoms with Crippen molar-refractivity contribution < 1.29 is 28.5 Å². The highest BCUT2D eigenvalue weighted by Gasteiger charge is 2.33. The monoisotopic (exact) mass is 620 g/mol. The molecule has 0 bridgehead atoms. The molecule has 1 N–H and O–H groups in total. The minimum Gasteiger partial charge on any atom is -0.497 e. The van der Waals surface area contributed by atoms with Crippen LogP contribution < -0.4 is 19.5 Å². The molecule has 1 aliphatic heterocycles. The van der Waals surface area contributed by atoms with Gasteiger partial charge in [-0.2, -0.15) is 4.80 Å².